The molecule has 128 valence electrons. The molecule has 0 saturated heterocycles. The molecule has 5 heteroatoms. The fraction of sp³-hybridized carbons (Fsp3) is 0.316. The highest BCUT2D eigenvalue weighted by molar-refractivity contribution is 5.74. The van der Waals surface area contributed by atoms with Crippen molar-refractivity contribution in [1.29, 1.82) is 0 Å². The maximum Gasteiger partial charge on any atom is 0.218 e. The van der Waals surface area contributed by atoms with Gasteiger partial charge in [-0.1, -0.05) is 30.3 Å². The number of amides is 1. The van der Waals surface area contributed by atoms with Crippen LogP contribution in [0.2, 0.25) is 0 Å². The zero-order chi connectivity index (χ0) is 17.4. The minimum atomic E-state index is -0.379. The second-order valence-corrected chi connectivity index (χ2v) is 5.95. The van der Waals surface area contributed by atoms with E-state index < -0.39 is 0 Å². The van der Waals surface area contributed by atoms with E-state index in [1.807, 2.05) is 36.4 Å². The van der Waals surface area contributed by atoms with Gasteiger partial charge < -0.3 is 16.8 Å². The number of anilines is 1. The van der Waals surface area contributed by atoms with Gasteiger partial charge in [0.2, 0.25) is 5.91 Å². The van der Waals surface area contributed by atoms with E-state index in [4.69, 9.17) is 11.5 Å². The Morgan fingerprint density at radius 2 is 1.83 bits per heavy atom. The molecule has 0 aliphatic carbocycles. The van der Waals surface area contributed by atoms with Crippen molar-refractivity contribution < 1.29 is 9.18 Å². The van der Waals surface area contributed by atoms with Crippen LogP contribution in [0.1, 0.15) is 24.0 Å². The molecule has 1 unspecified atom stereocenters. The largest absolute Gasteiger partial charge is 0.385 e. The number of halogens is 1. The number of hydrogen-bond donors (Lipinski definition) is 3. The normalized spacial score (nSPS) is 11.9. The van der Waals surface area contributed by atoms with E-state index in [9.17, 15) is 9.18 Å². The van der Waals surface area contributed by atoms with Crippen LogP contribution in [0.5, 0.6) is 0 Å². The van der Waals surface area contributed by atoms with Crippen LogP contribution in [0.3, 0.4) is 0 Å². The molecule has 0 radical (unpaired) electrons. The van der Waals surface area contributed by atoms with Crippen LogP contribution in [-0.4, -0.2) is 18.5 Å². The molecule has 1 amide bonds. The topological polar surface area (TPSA) is 81.1 Å². The van der Waals surface area contributed by atoms with Gasteiger partial charge in [-0.05, 0) is 48.6 Å². The maximum absolute atomic E-state index is 13.5. The lowest BCUT2D eigenvalue weighted by Gasteiger charge is -2.11. The lowest BCUT2D eigenvalue weighted by atomic mass is 10.0. The van der Waals surface area contributed by atoms with E-state index in [1.54, 1.807) is 6.07 Å². The Kier molecular flexibility index (Phi) is 6.75. The summed E-state index contributed by atoms with van der Waals surface area (Å²) >= 11 is 0. The minimum absolute atomic E-state index is 0.144. The van der Waals surface area contributed by atoms with Gasteiger partial charge in [-0.15, -0.1) is 0 Å². The Morgan fingerprint density at radius 3 is 2.50 bits per heavy atom. The molecule has 0 saturated carbocycles. The minimum Gasteiger partial charge on any atom is -0.385 e. The average Bonchev–Trinajstić information content (AvgIpc) is 2.54. The molecule has 0 spiro atoms. The average molecular weight is 329 g/mol. The highest BCUT2D eigenvalue weighted by atomic mass is 19.1. The van der Waals surface area contributed by atoms with Crippen molar-refractivity contribution in [2.75, 3.05) is 11.9 Å². The summed E-state index contributed by atoms with van der Waals surface area (Å²) in [6.45, 7) is 0.773. The highest BCUT2D eigenvalue weighted by Gasteiger charge is 2.07. The van der Waals surface area contributed by atoms with Gasteiger partial charge in [-0.3, -0.25) is 4.79 Å². The van der Waals surface area contributed by atoms with Crippen molar-refractivity contribution >= 4 is 11.6 Å². The third-order valence-corrected chi connectivity index (χ3v) is 3.83. The van der Waals surface area contributed by atoms with Gasteiger partial charge in [0, 0.05) is 24.7 Å². The van der Waals surface area contributed by atoms with Gasteiger partial charge in [-0.2, -0.15) is 0 Å². The van der Waals surface area contributed by atoms with Gasteiger partial charge in [-0.25, -0.2) is 4.39 Å². The molecule has 0 heterocycles. The van der Waals surface area contributed by atoms with Crippen molar-refractivity contribution in [2.45, 2.75) is 31.7 Å². The molecule has 0 bridgehead atoms. The summed E-state index contributed by atoms with van der Waals surface area (Å²) in [4.78, 5) is 10.8. The molecule has 5 N–H and O–H groups in total. The molecule has 24 heavy (non-hydrogen) atoms. The van der Waals surface area contributed by atoms with E-state index in [0.717, 1.165) is 29.8 Å². The Hall–Kier alpha value is -2.40. The summed E-state index contributed by atoms with van der Waals surface area (Å²) < 4.78 is 13.5. The van der Waals surface area contributed by atoms with Gasteiger partial charge in [0.1, 0.15) is 5.82 Å². The Bertz CT molecular complexity index is 658. The van der Waals surface area contributed by atoms with Gasteiger partial charge in [0.25, 0.3) is 0 Å². The summed E-state index contributed by atoms with van der Waals surface area (Å²) in [5.74, 6) is -0.523. The summed E-state index contributed by atoms with van der Waals surface area (Å²) in [7, 11) is 0. The van der Waals surface area contributed by atoms with Gasteiger partial charge in [0.15, 0.2) is 0 Å². The first-order valence-corrected chi connectivity index (χ1v) is 8.14. The molecule has 2 aromatic carbocycles. The lowest BCUT2D eigenvalue weighted by Crippen LogP contribution is -2.29. The number of carbonyl (C=O) groups is 1. The van der Waals surface area contributed by atoms with Gasteiger partial charge >= 0.3 is 0 Å². The molecule has 1 atom stereocenters. The monoisotopic (exact) mass is 329 g/mol. The standard InChI is InChI=1S/C19H24FN3O/c20-18-6-2-1-4-15(18)5-3-11-23-17-9-7-14(8-10-17)12-16(21)13-19(22)24/h1-2,4,6-10,16,23H,3,5,11-13,21H2,(H2,22,24). The molecule has 0 fully saturated rings. The van der Waals surface area contributed by atoms with Crippen molar-refractivity contribution in [3.8, 4) is 0 Å². The predicted molar refractivity (Wildman–Crippen MR) is 95.1 cm³/mol. The first-order valence-electron chi connectivity index (χ1n) is 8.14. The van der Waals surface area contributed by atoms with E-state index in [1.165, 1.54) is 6.07 Å². The Labute approximate surface area is 142 Å². The second kappa shape index (κ2) is 9.03. The Morgan fingerprint density at radius 1 is 1.12 bits per heavy atom. The van der Waals surface area contributed by atoms with Crippen LogP contribution in [0, 0.1) is 5.82 Å². The quantitative estimate of drug-likeness (QED) is 0.619. The Balaban J connectivity index is 1.74. The van der Waals surface area contributed by atoms with E-state index in [0.29, 0.717) is 12.8 Å². The molecular weight excluding hydrogens is 305 g/mol. The van der Waals surface area contributed by atoms with Crippen LogP contribution < -0.4 is 16.8 Å². The fourth-order valence-corrected chi connectivity index (χ4v) is 2.60. The summed E-state index contributed by atoms with van der Waals surface area (Å²) in [5.41, 5.74) is 13.8. The molecule has 0 aliphatic rings. The number of primary amides is 1. The summed E-state index contributed by atoms with van der Waals surface area (Å²) in [6, 6.07) is 14.6. The molecule has 4 nitrogen and oxygen atoms in total. The number of hydrogen-bond acceptors (Lipinski definition) is 3. The van der Waals surface area contributed by atoms with Crippen molar-refractivity contribution in [1.82, 2.24) is 0 Å². The third-order valence-electron chi connectivity index (χ3n) is 3.83. The summed E-state index contributed by atoms with van der Waals surface area (Å²) in [5, 5.41) is 3.32. The van der Waals surface area contributed by atoms with E-state index >= 15 is 0 Å². The van der Waals surface area contributed by atoms with E-state index in [2.05, 4.69) is 5.32 Å². The smallest absolute Gasteiger partial charge is 0.218 e. The second-order valence-electron chi connectivity index (χ2n) is 5.95. The van der Waals surface area contributed by atoms with Crippen LogP contribution in [0.15, 0.2) is 48.5 Å². The van der Waals surface area contributed by atoms with Crippen molar-refractivity contribution in [3.05, 3.63) is 65.5 Å². The molecule has 2 rings (SSSR count). The number of nitrogens with two attached hydrogens (primary N) is 2. The first kappa shape index (κ1) is 17.9. The number of carbonyl (C=O) groups excluding carboxylic acids is 1. The predicted octanol–water partition coefficient (Wildman–Crippen LogP) is 2.62. The zero-order valence-electron chi connectivity index (χ0n) is 13.7. The highest BCUT2D eigenvalue weighted by Crippen LogP contribution is 2.13. The zero-order valence-corrected chi connectivity index (χ0v) is 13.7. The van der Waals surface area contributed by atoms with Crippen LogP contribution in [0.25, 0.3) is 0 Å². The number of nitrogens with one attached hydrogen (secondary N) is 1. The molecule has 0 aliphatic heterocycles. The fourth-order valence-electron chi connectivity index (χ4n) is 2.60. The van der Waals surface area contributed by atoms with Crippen molar-refractivity contribution in [2.24, 2.45) is 11.5 Å². The van der Waals surface area contributed by atoms with Crippen molar-refractivity contribution in [3.63, 3.8) is 0 Å². The maximum atomic E-state index is 13.5. The van der Waals surface area contributed by atoms with Crippen LogP contribution in [-0.2, 0) is 17.6 Å². The SMILES string of the molecule is NC(=O)CC(N)Cc1ccc(NCCCc2ccccc2F)cc1. The molecule has 0 aromatic heterocycles. The third kappa shape index (κ3) is 6.01. The van der Waals surface area contributed by atoms with Gasteiger partial charge in [0.05, 0.1) is 0 Å². The number of rotatable bonds is 9. The number of benzene rings is 2. The summed E-state index contributed by atoms with van der Waals surface area (Å²) in [6.07, 6.45) is 2.37. The van der Waals surface area contributed by atoms with E-state index in [-0.39, 0.29) is 24.2 Å². The van der Waals surface area contributed by atoms with Crippen LogP contribution >= 0.6 is 0 Å². The molecular formula is C19H24FN3O. The van der Waals surface area contributed by atoms with Crippen LogP contribution in [0.4, 0.5) is 10.1 Å². The number of aryl methyl sites for hydroxylation is 1. The lowest BCUT2D eigenvalue weighted by molar-refractivity contribution is -0.118. The molecule has 2 aromatic rings. The first-order chi connectivity index (χ1) is 11.5.